The van der Waals surface area contributed by atoms with Gasteiger partial charge in [0.25, 0.3) is 0 Å². The number of guanidine groups is 1. The lowest BCUT2D eigenvalue weighted by Gasteiger charge is -2.26. The average molecular weight is 463 g/mol. The number of halogens is 3. The molecule has 1 saturated heterocycles. The van der Waals surface area contributed by atoms with Crippen LogP contribution in [0.3, 0.4) is 0 Å². The van der Waals surface area contributed by atoms with E-state index in [9.17, 15) is 4.79 Å². The summed E-state index contributed by atoms with van der Waals surface area (Å²) >= 11 is 23.1. The third-order valence-electron chi connectivity index (χ3n) is 3.75. The SMILES string of the molecule is O=C(/C=C/c1ccccc1)NC(NC(=S)N=C1NNN(C2CC2)N1)C(Cl)(Cl)Cl. The standard InChI is InChI=1S/C16H18Cl3N7OS/c17-16(18,19)13(20-12(27)9-6-10-4-2-1-3-5-10)21-15(28)22-14-23-25-26(24-14)11-7-8-11/h1-6,9,11,13,25H,7-8H2,(H,20,27)(H3,21,22,23,24,28)/b9-6+. The lowest BCUT2D eigenvalue weighted by Crippen LogP contribution is -2.54. The van der Waals surface area contributed by atoms with Crippen molar-refractivity contribution in [2.75, 3.05) is 0 Å². The van der Waals surface area contributed by atoms with Crippen LogP contribution in [0.1, 0.15) is 18.4 Å². The lowest BCUT2D eigenvalue weighted by atomic mass is 10.2. The van der Waals surface area contributed by atoms with Crippen molar-refractivity contribution in [2.45, 2.75) is 28.8 Å². The molecule has 12 heteroatoms. The predicted molar refractivity (Wildman–Crippen MR) is 115 cm³/mol. The van der Waals surface area contributed by atoms with Crippen molar-refractivity contribution in [1.82, 2.24) is 32.1 Å². The fourth-order valence-electron chi connectivity index (χ4n) is 2.23. The van der Waals surface area contributed by atoms with Gasteiger partial charge in [0.05, 0.1) is 0 Å². The van der Waals surface area contributed by atoms with Gasteiger partial charge in [0.15, 0.2) is 5.11 Å². The fourth-order valence-corrected chi connectivity index (χ4v) is 2.77. The summed E-state index contributed by atoms with van der Waals surface area (Å²) in [5, 5.41) is 7.11. The van der Waals surface area contributed by atoms with Crippen molar-refractivity contribution in [3.8, 4) is 0 Å². The van der Waals surface area contributed by atoms with Gasteiger partial charge in [-0.2, -0.15) is 4.99 Å². The smallest absolute Gasteiger partial charge is 0.245 e. The van der Waals surface area contributed by atoms with E-state index in [1.54, 1.807) is 11.2 Å². The van der Waals surface area contributed by atoms with E-state index < -0.39 is 15.9 Å². The molecule has 0 aromatic heterocycles. The van der Waals surface area contributed by atoms with Crippen LogP contribution >= 0.6 is 47.0 Å². The zero-order chi connectivity index (χ0) is 20.1. The number of nitrogens with zero attached hydrogens (tertiary/aromatic N) is 2. The molecule has 2 aliphatic rings. The van der Waals surface area contributed by atoms with Crippen LogP contribution in [0, 0.1) is 0 Å². The summed E-state index contributed by atoms with van der Waals surface area (Å²) in [5.41, 5.74) is 9.64. The van der Waals surface area contributed by atoms with E-state index in [0.717, 1.165) is 18.4 Å². The molecule has 8 nitrogen and oxygen atoms in total. The molecule has 3 rings (SSSR count). The van der Waals surface area contributed by atoms with Gasteiger partial charge < -0.3 is 10.6 Å². The summed E-state index contributed by atoms with van der Waals surface area (Å²) in [6, 6.07) is 9.75. The van der Waals surface area contributed by atoms with Crippen LogP contribution < -0.4 is 27.0 Å². The van der Waals surface area contributed by atoms with Gasteiger partial charge >= 0.3 is 0 Å². The third kappa shape index (κ3) is 6.47. The highest BCUT2D eigenvalue weighted by Crippen LogP contribution is 2.29. The molecule has 1 heterocycles. The number of amides is 1. The van der Waals surface area contributed by atoms with Crippen LogP contribution in [-0.4, -0.2) is 38.1 Å². The molecule has 0 radical (unpaired) electrons. The Labute approximate surface area is 182 Å². The Balaban J connectivity index is 1.56. The zero-order valence-electron chi connectivity index (χ0n) is 14.5. The number of aliphatic imine (C=N–C) groups is 1. The van der Waals surface area contributed by atoms with Crippen molar-refractivity contribution in [2.24, 2.45) is 4.99 Å². The first-order valence-electron chi connectivity index (χ1n) is 8.38. The molecule has 1 saturated carbocycles. The number of hydrogen-bond donors (Lipinski definition) is 5. The molecule has 1 atom stereocenters. The maximum absolute atomic E-state index is 12.2. The predicted octanol–water partition coefficient (Wildman–Crippen LogP) is 1.73. The number of rotatable bonds is 5. The molecule has 1 aromatic carbocycles. The van der Waals surface area contributed by atoms with Gasteiger partial charge in [-0.1, -0.05) is 65.1 Å². The van der Waals surface area contributed by atoms with Gasteiger partial charge in [-0.05, 0) is 36.7 Å². The molecular formula is C16H18Cl3N7OS. The molecule has 150 valence electrons. The molecule has 1 aliphatic heterocycles. The van der Waals surface area contributed by atoms with Crippen LogP contribution in [-0.2, 0) is 4.79 Å². The van der Waals surface area contributed by atoms with Gasteiger partial charge in [-0.3, -0.25) is 15.6 Å². The first-order valence-corrected chi connectivity index (χ1v) is 9.92. The second-order valence-corrected chi connectivity index (χ2v) is 8.84. The van der Waals surface area contributed by atoms with Crippen LogP contribution in [0.15, 0.2) is 41.4 Å². The molecule has 1 aromatic rings. The quantitative estimate of drug-likeness (QED) is 0.197. The minimum Gasteiger partial charge on any atom is -0.337 e. The number of thiocarbonyl (C=S) groups is 1. The van der Waals surface area contributed by atoms with E-state index in [-0.39, 0.29) is 5.11 Å². The molecule has 5 N–H and O–H groups in total. The highest BCUT2D eigenvalue weighted by molar-refractivity contribution is 7.80. The summed E-state index contributed by atoms with van der Waals surface area (Å²) in [6.45, 7) is 0. The summed E-state index contributed by atoms with van der Waals surface area (Å²) in [7, 11) is 0. The Morgan fingerprint density at radius 2 is 2.00 bits per heavy atom. The van der Waals surface area contributed by atoms with E-state index in [1.807, 2.05) is 30.3 Å². The highest BCUT2D eigenvalue weighted by atomic mass is 35.6. The van der Waals surface area contributed by atoms with Crippen molar-refractivity contribution < 1.29 is 4.79 Å². The van der Waals surface area contributed by atoms with Crippen molar-refractivity contribution in [1.29, 1.82) is 0 Å². The molecular weight excluding hydrogens is 445 g/mol. The molecule has 1 unspecified atom stereocenters. The molecule has 0 spiro atoms. The van der Waals surface area contributed by atoms with Gasteiger partial charge in [-0.25, -0.2) is 0 Å². The maximum atomic E-state index is 12.2. The van der Waals surface area contributed by atoms with E-state index in [2.05, 4.69) is 32.0 Å². The largest absolute Gasteiger partial charge is 0.337 e. The minimum absolute atomic E-state index is 0.0260. The minimum atomic E-state index is -1.85. The van der Waals surface area contributed by atoms with E-state index >= 15 is 0 Å². The second kappa shape index (κ2) is 9.25. The monoisotopic (exact) mass is 461 g/mol. The highest BCUT2D eigenvalue weighted by Gasteiger charge is 2.35. The second-order valence-electron chi connectivity index (χ2n) is 6.09. The van der Waals surface area contributed by atoms with Gasteiger partial charge in [-0.15, -0.1) is 10.7 Å². The molecule has 28 heavy (non-hydrogen) atoms. The summed E-state index contributed by atoms with van der Waals surface area (Å²) in [5.74, 6) is -0.0652. The Kier molecular flexibility index (Phi) is 6.97. The van der Waals surface area contributed by atoms with Gasteiger partial charge in [0.2, 0.25) is 15.7 Å². The topological polar surface area (TPSA) is 92.8 Å². The molecule has 0 bridgehead atoms. The first-order chi connectivity index (χ1) is 13.3. The average Bonchev–Trinajstić information content (AvgIpc) is 3.39. The summed E-state index contributed by atoms with van der Waals surface area (Å²) in [6.07, 6.45) is 4.09. The number of carbonyl (C=O) groups is 1. The maximum Gasteiger partial charge on any atom is 0.245 e. The Bertz CT molecular complexity index is 780. The number of nitrogens with one attached hydrogen (secondary N) is 5. The van der Waals surface area contributed by atoms with Gasteiger partial charge in [0.1, 0.15) is 6.17 Å². The Morgan fingerprint density at radius 3 is 2.64 bits per heavy atom. The van der Waals surface area contributed by atoms with Crippen molar-refractivity contribution in [3.05, 3.63) is 42.0 Å². The molecule has 1 aliphatic carbocycles. The number of hydrazine groups is 3. The molecule has 2 fully saturated rings. The summed E-state index contributed by atoms with van der Waals surface area (Å²) in [4.78, 5) is 16.3. The number of hydrogen-bond acceptors (Lipinski definition) is 4. The van der Waals surface area contributed by atoms with E-state index in [0.29, 0.717) is 12.0 Å². The molecule has 1 amide bonds. The third-order valence-corrected chi connectivity index (χ3v) is 4.62. The van der Waals surface area contributed by atoms with Crippen LogP contribution in [0.5, 0.6) is 0 Å². The van der Waals surface area contributed by atoms with E-state index in [1.165, 1.54) is 6.08 Å². The Hall–Kier alpha value is -1.62. The van der Waals surface area contributed by atoms with Crippen molar-refractivity contribution >= 4 is 70.1 Å². The summed E-state index contributed by atoms with van der Waals surface area (Å²) < 4.78 is -1.85. The van der Waals surface area contributed by atoms with E-state index in [4.69, 9.17) is 47.0 Å². The number of alkyl halides is 3. The van der Waals surface area contributed by atoms with Crippen LogP contribution in [0.25, 0.3) is 6.08 Å². The fraction of sp³-hybridized carbons (Fsp3) is 0.312. The number of benzene rings is 1. The zero-order valence-corrected chi connectivity index (χ0v) is 17.5. The normalized spacial score (nSPS) is 19.9. The van der Waals surface area contributed by atoms with Gasteiger partial charge in [0, 0.05) is 12.1 Å². The van der Waals surface area contributed by atoms with Crippen LogP contribution in [0.2, 0.25) is 0 Å². The number of carbonyl (C=O) groups excluding carboxylic acids is 1. The lowest BCUT2D eigenvalue weighted by molar-refractivity contribution is -0.117. The van der Waals surface area contributed by atoms with Crippen molar-refractivity contribution in [3.63, 3.8) is 0 Å². The van der Waals surface area contributed by atoms with Crippen LogP contribution in [0.4, 0.5) is 0 Å². The Morgan fingerprint density at radius 1 is 1.29 bits per heavy atom. The first kappa shape index (κ1) is 21.1.